The molecule has 1 N–H and O–H groups in total. The minimum absolute atomic E-state index is 0.183. The second kappa shape index (κ2) is 6.37. The maximum Gasteiger partial charge on any atom is 0.0587 e. The standard InChI is InChI=1S/C15H15BrClN/c1-2-18-15(11-7-9-12(17)10-8-11)13-5-3-4-6-14(13)16/h3-10,15,18H,2H2,1H3. The van der Waals surface area contributed by atoms with E-state index in [1.807, 2.05) is 18.2 Å². The van der Waals surface area contributed by atoms with E-state index in [1.54, 1.807) is 0 Å². The largest absolute Gasteiger partial charge is 0.306 e. The Morgan fingerprint density at radius 2 is 1.78 bits per heavy atom. The highest BCUT2D eigenvalue weighted by Gasteiger charge is 2.14. The number of benzene rings is 2. The first-order valence-corrected chi connectivity index (χ1v) is 7.12. The molecule has 1 unspecified atom stereocenters. The molecule has 0 fully saturated rings. The molecule has 0 amide bonds. The molecular weight excluding hydrogens is 310 g/mol. The lowest BCUT2D eigenvalue weighted by atomic mass is 9.99. The van der Waals surface area contributed by atoms with Gasteiger partial charge in [0.2, 0.25) is 0 Å². The molecule has 1 atom stereocenters. The van der Waals surface area contributed by atoms with E-state index in [9.17, 15) is 0 Å². The molecule has 2 rings (SSSR count). The van der Waals surface area contributed by atoms with Crippen LogP contribution in [0.2, 0.25) is 5.02 Å². The molecule has 0 spiro atoms. The van der Waals surface area contributed by atoms with E-state index in [2.05, 4.69) is 58.5 Å². The molecule has 2 aromatic carbocycles. The minimum atomic E-state index is 0.183. The summed E-state index contributed by atoms with van der Waals surface area (Å²) >= 11 is 9.55. The third-order valence-corrected chi connectivity index (χ3v) is 3.80. The average molecular weight is 325 g/mol. The monoisotopic (exact) mass is 323 g/mol. The summed E-state index contributed by atoms with van der Waals surface area (Å²) in [4.78, 5) is 0. The van der Waals surface area contributed by atoms with E-state index in [-0.39, 0.29) is 6.04 Å². The van der Waals surface area contributed by atoms with Gasteiger partial charge in [0.25, 0.3) is 0 Å². The molecule has 0 aliphatic rings. The van der Waals surface area contributed by atoms with Gasteiger partial charge in [-0.3, -0.25) is 0 Å². The van der Waals surface area contributed by atoms with Gasteiger partial charge < -0.3 is 5.32 Å². The maximum absolute atomic E-state index is 5.94. The number of nitrogens with one attached hydrogen (secondary N) is 1. The maximum atomic E-state index is 5.94. The van der Waals surface area contributed by atoms with Crippen molar-refractivity contribution in [3.05, 3.63) is 69.2 Å². The van der Waals surface area contributed by atoms with Crippen molar-refractivity contribution in [1.29, 1.82) is 0 Å². The Bertz CT molecular complexity index is 510. The Balaban J connectivity index is 2.40. The molecule has 3 heteroatoms. The molecule has 18 heavy (non-hydrogen) atoms. The molecule has 0 aromatic heterocycles. The topological polar surface area (TPSA) is 12.0 Å². The second-order valence-electron chi connectivity index (χ2n) is 4.06. The van der Waals surface area contributed by atoms with Crippen molar-refractivity contribution in [3.8, 4) is 0 Å². The van der Waals surface area contributed by atoms with Gasteiger partial charge in [0.15, 0.2) is 0 Å². The Hall–Kier alpha value is -0.830. The number of rotatable bonds is 4. The third kappa shape index (κ3) is 3.14. The third-order valence-electron chi connectivity index (χ3n) is 2.83. The lowest BCUT2D eigenvalue weighted by molar-refractivity contribution is 0.628. The summed E-state index contributed by atoms with van der Waals surface area (Å²) in [6, 6.07) is 16.4. The molecule has 0 radical (unpaired) electrons. The second-order valence-corrected chi connectivity index (χ2v) is 5.35. The zero-order valence-corrected chi connectivity index (χ0v) is 12.5. The van der Waals surface area contributed by atoms with Crippen LogP contribution < -0.4 is 5.32 Å². The fraction of sp³-hybridized carbons (Fsp3) is 0.200. The molecule has 2 aromatic rings. The molecule has 0 aliphatic heterocycles. The van der Waals surface area contributed by atoms with E-state index in [4.69, 9.17) is 11.6 Å². The lowest BCUT2D eigenvalue weighted by Crippen LogP contribution is -2.22. The van der Waals surface area contributed by atoms with Gasteiger partial charge in [-0.05, 0) is 35.9 Å². The summed E-state index contributed by atoms with van der Waals surface area (Å²) in [7, 11) is 0. The van der Waals surface area contributed by atoms with Crippen LogP contribution in [0.3, 0.4) is 0 Å². The first kappa shape index (κ1) is 13.6. The molecular formula is C15H15BrClN. The fourth-order valence-electron chi connectivity index (χ4n) is 1.98. The van der Waals surface area contributed by atoms with Crippen LogP contribution >= 0.6 is 27.5 Å². The van der Waals surface area contributed by atoms with Crippen molar-refractivity contribution in [2.45, 2.75) is 13.0 Å². The molecule has 0 saturated carbocycles. The molecule has 1 nitrogen and oxygen atoms in total. The zero-order chi connectivity index (χ0) is 13.0. The van der Waals surface area contributed by atoms with Crippen molar-refractivity contribution in [1.82, 2.24) is 5.32 Å². The summed E-state index contributed by atoms with van der Waals surface area (Å²) in [6.45, 7) is 3.02. The van der Waals surface area contributed by atoms with E-state index in [1.165, 1.54) is 11.1 Å². The van der Waals surface area contributed by atoms with Gasteiger partial charge in [0.05, 0.1) is 6.04 Å². The van der Waals surface area contributed by atoms with Crippen molar-refractivity contribution in [3.63, 3.8) is 0 Å². The van der Waals surface area contributed by atoms with Crippen LogP contribution in [0.4, 0.5) is 0 Å². The van der Waals surface area contributed by atoms with Gasteiger partial charge in [-0.1, -0.05) is 64.8 Å². The van der Waals surface area contributed by atoms with Crippen molar-refractivity contribution in [2.75, 3.05) is 6.54 Å². The highest BCUT2D eigenvalue weighted by molar-refractivity contribution is 9.10. The van der Waals surface area contributed by atoms with E-state index in [0.717, 1.165) is 16.0 Å². The number of hydrogen-bond donors (Lipinski definition) is 1. The number of hydrogen-bond acceptors (Lipinski definition) is 1. The molecule has 94 valence electrons. The quantitative estimate of drug-likeness (QED) is 0.851. The Morgan fingerprint density at radius 3 is 2.39 bits per heavy atom. The molecule has 0 bridgehead atoms. The SMILES string of the molecule is CCNC(c1ccc(Cl)cc1)c1ccccc1Br. The first-order valence-electron chi connectivity index (χ1n) is 5.95. The number of halogens is 2. The molecule has 0 saturated heterocycles. The van der Waals surface area contributed by atoms with Crippen LogP contribution in [0, 0.1) is 0 Å². The van der Waals surface area contributed by atoms with Gasteiger partial charge in [-0.25, -0.2) is 0 Å². The Kier molecular flexibility index (Phi) is 4.81. The van der Waals surface area contributed by atoms with E-state index < -0.39 is 0 Å². The van der Waals surface area contributed by atoms with Crippen LogP contribution in [0.5, 0.6) is 0 Å². The van der Waals surface area contributed by atoms with E-state index >= 15 is 0 Å². The van der Waals surface area contributed by atoms with Gasteiger partial charge in [-0.2, -0.15) is 0 Å². The average Bonchev–Trinajstić information content (AvgIpc) is 2.38. The van der Waals surface area contributed by atoms with Gasteiger partial charge in [0.1, 0.15) is 0 Å². The minimum Gasteiger partial charge on any atom is -0.306 e. The van der Waals surface area contributed by atoms with Crippen molar-refractivity contribution < 1.29 is 0 Å². The summed E-state index contributed by atoms with van der Waals surface area (Å²) in [5.41, 5.74) is 2.45. The summed E-state index contributed by atoms with van der Waals surface area (Å²) < 4.78 is 1.12. The van der Waals surface area contributed by atoms with Crippen LogP contribution in [-0.2, 0) is 0 Å². The lowest BCUT2D eigenvalue weighted by Gasteiger charge is -2.20. The van der Waals surface area contributed by atoms with Crippen molar-refractivity contribution in [2.24, 2.45) is 0 Å². The fourth-order valence-corrected chi connectivity index (χ4v) is 2.62. The highest BCUT2D eigenvalue weighted by atomic mass is 79.9. The van der Waals surface area contributed by atoms with Crippen molar-refractivity contribution >= 4 is 27.5 Å². The zero-order valence-electron chi connectivity index (χ0n) is 10.2. The predicted molar refractivity (Wildman–Crippen MR) is 81.1 cm³/mol. The Morgan fingerprint density at radius 1 is 1.11 bits per heavy atom. The smallest absolute Gasteiger partial charge is 0.0587 e. The van der Waals surface area contributed by atoms with Gasteiger partial charge >= 0.3 is 0 Å². The van der Waals surface area contributed by atoms with Crippen LogP contribution in [0.1, 0.15) is 24.1 Å². The van der Waals surface area contributed by atoms with Crippen LogP contribution in [0.25, 0.3) is 0 Å². The highest BCUT2D eigenvalue weighted by Crippen LogP contribution is 2.29. The van der Waals surface area contributed by atoms with Gasteiger partial charge in [-0.15, -0.1) is 0 Å². The normalized spacial score (nSPS) is 12.4. The van der Waals surface area contributed by atoms with Crippen LogP contribution in [0.15, 0.2) is 53.0 Å². The molecule has 0 heterocycles. The molecule has 0 aliphatic carbocycles. The summed E-state index contributed by atoms with van der Waals surface area (Å²) in [6.07, 6.45) is 0. The first-order chi connectivity index (χ1) is 8.72. The summed E-state index contributed by atoms with van der Waals surface area (Å²) in [5.74, 6) is 0. The van der Waals surface area contributed by atoms with E-state index in [0.29, 0.717) is 0 Å². The predicted octanol–water partition coefficient (Wildman–Crippen LogP) is 4.80. The Labute approximate surface area is 121 Å². The summed E-state index contributed by atoms with van der Waals surface area (Å²) in [5, 5.41) is 4.27. The van der Waals surface area contributed by atoms with Gasteiger partial charge in [0, 0.05) is 9.50 Å². The van der Waals surface area contributed by atoms with Crippen LogP contribution in [-0.4, -0.2) is 6.54 Å².